The predicted octanol–water partition coefficient (Wildman–Crippen LogP) is 5.57. The maximum Gasteiger partial charge on any atom is 0.132 e. The van der Waals surface area contributed by atoms with Crippen LogP contribution in [0.25, 0.3) is 0 Å². The Labute approximate surface area is 144 Å². The molecule has 0 aliphatic rings. The van der Waals surface area contributed by atoms with Crippen molar-refractivity contribution in [2.45, 2.75) is 46.0 Å². The molecule has 126 valence electrons. The highest BCUT2D eigenvalue weighted by Gasteiger charge is 2.01. The van der Waals surface area contributed by atoms with Crippen LogP contribution in [0.4, 0.5) is 4.39 Å². The molecule has 0 atom stereocenters. The first kappa shape index (κ1) is 18.1. The van der Waals surface area contributed by atoms with E-state index in [-0.39, 0.29) is 5.82 Å². The monoisotopic (exact) mass is 324 g/mol. The summed E-state index contributed by atoms with van der Waals surface area (Å²) >= 11 is 0. The normalized spacial score (nSPS) is 11.6. The van der Waals surface area contributed by atoms with Gasteiger partial charge >= 0.3 is 0 Å². The van der Waals surface area contributed by atoms with Gasteiger partial charge in [-0.3, -0.25) is 0 Å². The van der Waals surface area contributed by atoms with E-state index in [9.17, 15) is 4.39 Å². The molecule has 2 aromatic carbocycles. The minimum Gasteiger partial charge on any atom is -0.206 e. The van der Waals surface area contributed by atoms with Crippen LogP contribution < -0.4 is 0 Å². The van der Waals surface area contributed by atoms with Gasteiger partial charge < -0.3 is 0 Å². The lowest BCUT2D eigenvalue weighted by Crippen LogP contribution is -1.92. The third-order valence-corrected chi connectivity index (χ3v) is 3.99. The Morgan fingerprint density at radius 2 is 1.58 bits per heavy atom. The quantitative estimate of drug-likeness (QED) is 0.344. The van der Waals surface area contributed by atoms with Crippen molar-refractivity contribution >= 4 is 12.4 Å². The van der Waals surface area contributed by atoms with Crippen LogP contribution in [0.5, 0.6) is 0 Å². The van der Waals surface area contributed by atoms with Crippen molar-refractivity contribution in [1.82, 2.24) is 0 Å². The van der Waals surface area contributed by atoms with Crippen molar-refractivity contribution in [2.75, 3.05) is 0 Å². The summed E-state index contributed by atoms with van der Waals surface area (Å²) in [5, 5.41) is 7.94. The van der Waals surface area contributed by atoms with E-state index in [1.165, 1.54) is 24.6 Å². The van der Waals surface area contributed by atoms with E-state index in [2.05, 4.69) is 36.2 Å². The molecule has 2 aromatic rings. The lowest BCUT2D eigenvalue weighted by Gasteiger charge is -2.02. The summed E-state index contributed by atoms with van der Waals surface area (Å²) < 4.78 is 14.0. The molecule has 2 rings (SSSR count). The average Bonchev–Trinajstić information content (AvgIpc) is 2.61. The summed E-state index contributed by atoms with van der Waals surface area (Å²) in [6.45, 7) is 4.29. The molecule has 3 heteroatoms. The molecule has 0 amide bonds. The second-order valence-electron chi connectivity index (χ2n) is 5.90. The van der Waals surface area contributed by atoms with E-state index in [4.69, 9.17) is 0 Å². The molecule has 0 N–H and O–H groups in total. The number of halogens is 1. The third-order valence-electron chi connectivity index (χ3n) is 3.99. The molecule has 0 aliphatic carbocycles. The van der Waals surface area contributed by atoms with Crippen molar-refractivity contribution in [1.29, 1.82) is 0 Å². The Bertz CT molecular complexity index is 687. The lowest BCUT2D eigenvalue weighted by molar-refractivity contribution is 0.621. The molecule has 0 unspecified atom stereocenters. The maximum atomic E-state index is 14.0. The number of unbranched alkanes of at least 4 members (excludes halogenated alkanes) is 2. The molecule has 0 saturated heterocycles. The van der Waals surface area contributed by atoms with E-state index in [0.717, 1.165) is 30.4 Å². The number of nitrogens with zero attached hydrogens (tertiary/aromatic N) is 2. The van der Waals surface area contributed by atoms with Gasteiger partial charge in [0.2, 0.25) is 0 Å². The van der Waals surface area contributed by atoms with Crippen molar-refractivity contribution in [3.63, 3.8) is 0 Å². The average molecular weight is 324 g/mol. The van der Waals surface area contributed by atoms with Crippen LogP contribution in [0.15, 0.2) is 52.7 Å². The molecular formula is C21H25FN2. The SMILES string of the molecule is CCCCCc1ccc(C=NN=Cc2ccc(CC)cc2)c(F)c1. The van der Waals surface area contributed by atoms with Gasteiger partial charge in [-0.05, 0) is 42.0 Å². The fraction of sp³-hybridized carbons (Fsp3) is 0.333. The van der Waals surface area contributed by atoms with Gasteiger partial charge in [0.25, 0.3) is 0 Å². The minimum atomic E-state index is -0.241. The number of hydrogen-bond donors (Lipinski definition) is 0. The van der Waals surface area contributed by atoms with Crippen molar-refractivity contribution < 1.29 is 4.39 Å². The fourth-order valence-corrected chi connectivity index (χ4v) is 2.44. The van der Waals surface area contributed by atoms with Gasteiger partial charge in [0.15, 0.2) is 0 Å². The van der Waals surface area contributed by atoms with Crippen LogP contribution in [-0.2, 0) is 12.8 Å². The molecule has 0 fully saturated rings. The van der Waals surface area contributed by atoms with E-state index in [1.807, 2.05) is 18.2 Å². The van der Waals surface area contributed by atoms with Crippen LogP contribution in [0.1, 0.15) is 55.4 Å². The zero-order valence-electron chi connectivity index (χ0n) is 14.5. The zero-order valence-corrected chi connectivity index (χ0v) is 14.5. The summed E-state index contributed by atoms with van der Waals surface area (Å²) in [7, 11) is 0. The summed E-state index contributed by atoms with van der Waals surface area (Å²) in [6.07, 6.45) is 8.53. The molecule has 0 heterocycles. The van der Waals surface area contributed by atoms with Gasteiger partial charge in [-0.1, -0.05) is 63.1 Å². The first-order chi connectivity index (χ1) is 11.7. The predicted molar refractivity (Wildman–Crippen MR) is 101 cm³/mol. The van der Waals surface area contributed by atoms with Gasteiger partial charge in [-0.2, -0.15) is 10.2 Å². The molecule has 24 heavy (non-hydrogen) atoms. The standard InChI is InChI=1S/C21H25FN2/c1-3-5-6-7-18-12-13-20(21(22)14-18)16-24-23-15-19-10-8-17(4-2)9-11-19/h8-16H,3-7H2,1-2H3. The third kappa shape index (κ3) is 5.73. The van der Waals surface area contributed by atoms with Gasteiger partial charge in [-0.25, -0.2) is 4.39 Å². The van der Waals surface area contributed by atoms with Gasteiger partial charge in [0.1, 0.15) is 5.82 Å². The van der Waals surface area contributed by atoms with Crippen LogP contribution in [0.3, 0.4) is 0 Å². The maximum absolute atomic E-state index is 14.0. The van der Waals surface area contributed by atoms with Crippen LogP contribution >= 0.6 is 0 Å². The summed E-state index contributed by atoms with van der Waals surface area (Å²) in [5.74, 6) is -0.241. The minimum absolute atomic E-state index is 0.241. The zero-order chi connectivity index (χ0) is 17.2. The molecule has 0 saturated carbocycles. The highest BCUT2D eigenvalue weighted by atomic mass is 19.1. The number of hydrogen-bond acceptors (Lipinski definition) is 2. The lowest BCUT2D eigenvalue weighted by atomic mass is 10.1. The van der Waals surface area contributed by atoms with Crippen LogP contribution in [0, 0.1) is 5.82 Å². The van der Waals surface area contributed by atoms with Crippen LogP contribution in [-0.4, -0.2) is 12.4 Å². The van der Waals surface area contributed by atoms with Gasteiger partial charge in [0, 0.05) is 5.56 Å². The van der Waals surface area contributed by atoms with E-state index >= 15 is 0 Å². The first-order valence-corrected chi connectivity index (χ1v) is 8.66. The van der Waals surface area contributed by atoms with Gasteiger partial charge in [-0.15, -0.1) is 0 Å². The van der Waals surface area contributed by atoms with Crippen LogP contribution in [0.2, 0.25) is 0 Å². The Hall–Kier alpha value is -2.29. The largest absolute Gasteiger partial charge is 0.206 e. The smallest absolute Gasteiger partial charge is 0.132 e. The molecular weight excluding hydrogens is 299 g/mol. The second-order valence-corrected chi connectivity index (χ2v) is 5.90. The second kappa shape index (κ2) is 9.76. The number of benzene rings is 2. The van der Waals surface area contributed by atoms with Crippen molar-refractivity contribution in [3.8, 4) is 0 Å². The Kier molecular flexibility index (Phi) is 7.34. The van der Waals surface area contributed by atoms with Gasteiger partial charge in [0.05, 0.1) is 12.4 Å². The Balaban J connectivity index is 1.94. The topological polar surface area (TPSA) is 24.7 Å². The number of aryl methyl sites for hydroxylation is 2. The van der Waals surface area contributed by atoms with Crippen molar-refractivity contribution in [3.05, 3.63) is 70.5 Å². The Morgan fingerprint density at radius 1 is 0.875 bits per heavy atom. The Morgan fingerprint density at radius 3 is 2.25 bits per heavy atom. The molecule has 0 spiro atoms. The molecule has 0 bridgehead atoms. The highest BCUT2D eigenvalue weighted by molar-refractivity contribution is 5.82. The van der Waals surface area contributed by atoms with E-state index < -0.39 is 0 Å². The summed E-state index contributed by atoms with van der Waals surface area (Å²) in [6, 6.07) is 13.5. The summed E-state index contributed by atoms with van der Waals surface area (Å²) in [5.41, 5.74) is 3.78. The fourth-order valence-electron chi connectivity index (χ4n) is 2.44. The summed E-state index contributed by atoms with van der Waals surface area (Å²) in [4.78, 5) is 0. The van der Waals surface area contributed by atoms with E-state index in [1.54, 1.807) is 18.3 Å². The molecule has 2 nitrogen and oxygen atoms in total. The first-order valence-electron chi connectivity index (χ1n) is 8.66. The number of rotatable bonds is 8. The molecule has 0 aliphatic heterocycles. The molecule has 0 radical (unpaired) electrons. The van der Waals surface area contributed by atoms with Crippen molar-refractivity contribution in [2.24, 2.45) is 10.2 Å². The van der Waals surface area contributed by atoms with E-state index in [0.29, 0.717) is 5.56 Å². The molecule has 0 aromatic heterocycles. The highest BCUT2D eigenvalue weighted by Crippen LogP contribution is 2.12.